The van der Waals surface area contributed by atoms with Crippen LogP contribution in [0.2, 0.25) is 0 Å². The molecule has 3 aromatic carbocycles. The van der Waals surface area contributed by atoms with Gasteiger partial charge < -0.3 is 13.9 Å². The first-order valence-corrected chi connectivity index (χ1v) is 12.6. The highest BCUT2D eigenvalue weighted by Crippen LogP contribution is 2.42. The number of nitrogens with zero attached hydrogens (tertiary/aromatic N) is 1. The first-order chi connectivity index (χ1) is 18.9. The molecular weight excluding hydrogens is 501 g/mol. The summed E-state index contributed by atoms with van der Waals surface area (Å²) in [5, 5.41) is 0.0395. The predicted octanol–water partition coefficient (Wildman–Crippen LogP) is 6.20. The number of carbonyl (C=O) groups is 2. The smallest absolute Gasteiger partial charge is 0.338 e. The number of esters is 1. The lowest BCUT2D eigenvalue weighted by molar-refractivity contribution is 0.0499. The summed E-state index contributed by atoms with van der Waals surface area (Å²) in [6, 6.07) is 16.1. The van der Waals surface area contributed by atoms with E-state index >= 15 is 0 Å². The third-order valence-corrected chi connectivity index (χ3v) is 6.49. The number of unbranched alkanes of at least 4 members (excludes halogenated alkanes) is 1. The van der Waals surface area contributed by atoms with Gasteiger partial charge in [0.05, 0.1) is 29.2 Å². The Hall–Kier alpha value is -4.72. The van der Waals surface area contributed by atoms with Crippen molar-refractivity contribution in [2.24, 2.45) is 0 Å². The van der Waals surface area contributed by atoms with Crippen LogP contribution in [-0.4, -0.2) is 25.1 Å². The molecule has 39 heavy (non-hydrogen) atoms. The molecule has 0 N–H and O–H groups in total. The maximum atomic E-state index is 14.1. The van der Waals surface area contributed by atoms with Crippen LogP contribution in [0, 0.1) is 5.82 Å². The Morgan fingerprint density at radius 2 is 1.90 bits per heavy atom. The number of hydrogen-bond donors (Lipinski definition) is 0. The Kier molecular flexibility index (Phi) is 7.27. The Balaban J connectivity index is 1.62. The average molecular weight is 528 g/mol. The number of carbonyl (C=O) groups excluding carboxylic acids is 2. The minimum absolute atomic E-state index is 0.0395. The van der Waals surface area contributed by atoms with Gasteiger partial charge in [0.25, 0.3) is 5.91 Å². The van der Waals surface area contributed by atoms with Crippen LogP contribution in [0.15, 0.2) is 88.6 Å². The van der Waals surface area contributed by atoms with Crippen LogP contribution >= 0.6 is 0 Å². The third-order valence-electron chi connectivity index (χ3n) is 6.49. The van der Waals surface area contributed by atoms with Crippen LogP contribution in [-0.2, 0) is 4.74 Å². The number of rotatable bonds is 9. The van der Waals surface area contributed by atoms with Crippen LogP contribution in [0.5, 0.6) is 5.75 Å². The van der Waals surface area contributed by atoms with Gasteiger partial charge in [-0.25, -0.2) is 9.18 Å². The predicted molar refractivity (Wildman–Crippen MR) is 145 cm³/mol. The molecule has 0 saturated carbocycles. The van der Waals surface area contributed by atoms with Gasteiger partial charge in [0, 0.05) is 5.69 Å². The maximum Gasteiger partial charge on any atom is 0.338 e. The fourth-order valence-electron chi connectivity index (χ4n) is 4.61. The lowest BCUT2D eigenvalue weighted by Crippen LogP contribution is -2.29. The molecule has 1 aliphatic rings. The van der Waals surface area contributed by atoms with E-state index in [2.05, 4.69) is 6.58 Å². The zero-order valence-corrected chi connectivity index (χ0v) is 21.3. The van der Waals surface area contributed by atoms with E-state index in [1.165, 1.54) is 17.0 Å². The molecule has 2 heterocycles. The SMILES string of the molecule is C=CCOc1cccc(C2c3c(oc4ccc(F)cc4c3=O)C(=O)N2c2ccc(C(=O)OCCCC)cc2)c1. The van der Waals surface area contributed by atoms with Gasteiger partial charge in [-0.3, -0.25) is 14.5 Å². The molecule has 1 aromatic heterocycles. The van der Waals surface area contributed by atoms with Gasteiger partial charge in [-0.15, -0.1) is 0 Å². The number of fused-ring (bicyclic) bond motifs is 2. The molecule has 1 unspecified atom stereocenters. The fourth-order valence-corrected chi connectivity index (χ4v) is 4.61. The van der Waals surface area contributed by atoms with Crippen LogP contribution in [0.3, 0.4) is 0 Å². The quantitative estimate of drug-likeness (QED) is 0.146. The number of hydrogen-bond acceptors (Lipinski definition) is 6. The summed E-state index contributed by atoms with van der Waals surface area (Å²) in [6.45, 7) is 6.26. The zero-order valence-electron chi connectivity index (χ0n) is 21.3. The van der Waals surface area contributed by atoms with Gasteiger partial charge in [0.15, 0.2) is 5.43 Å². The molecule has 4 aromatic rings. The second kappa shape index (κ2) is 10.9. The van der Waals surface area contributed by atoms with E-state index in [-0.39, 0.29) is 28.9 Å². The van der Waals surface area contributed by atoms with E-state index in [1.54, 1.807) is 54.6 Å². The third kappa shape index (κ3) is 4.93. The van der Waals surface area contributed by atoms with Crippen molar-refractivity contribution >= 4 is 28.5 Å². The fraction of sp³-hybridized carbons (Fsp3) is 0.194. The van der Waals surface area contributed by atoms with Gasteiger partial charge >= 0.3 is 5.97 Å². The largest absolute Gasteiger partial charge is 0.490 e. The van der Waals surface area contributed by atoms with Gasteiger partial charge in [-0.2, -0.15) is 0 Å². The summed E-state index contributed by atoms with van der Waals surface area (Å²) in [6.07, 6.45) is 3.28. The average Bonchev–Trinajstić information content (AvgIpc) is 3.25. The minimum Gasteiger partial charge on any atom is -0.490 e. The van der Waals surface area contributed by atoms with Crippen molar-refractivity contribution in [3.8, 4) is 5.75 Å². The monoisotopic (exact) mass is 527 g/mol. The van der Waals surface area contributed by atoms with Crippen LogP contribution in [0.1, 0.15) is 57.8 Å². The summed E-state index contributed by atoms with van der Waals surface area (Å²) in [5.74, 6) is -1.18. The van der Waals surface area contributed by atoms with Crippen molar-refractivity contribution in [1.82, 2.24) is 0 Å². The number of ether oxygens (including phenoxy) is 2. The molecule has 0 radical (unpaired) electrons. The molecule has 7 nitrogen and oxygen atoms in total. The van der Waals surface area contributed by atoms with Crippen molar-refractivity contribution in [3.05, 3.63) is 118 Å². The zero-order chi connectivity index (χ0) is 27.5. The molecule has 0 fully saturated rings. The molecule has 198 valence electrons. The molecule has 1 atom stereocenters. The van der Waals surface area contributed by atoms with E-state index in [4.69, 9.17) is 13.9 Å². The first kappa shape index (κ1) is 25.9. The lowest BCUT2D eigenvalue weighted by atomic mass is 9.98. The number of halogens is 1. The van der Waals surface area contributed by atoms with Gasteiger partial charge in [0.1, 0.15) is 23.8 Å². The van der Waals surface area contributed by atoms with Crippen LogP contribution in [0.4, 0.5) is 10.1 Å². The van der Waals surface area contributed by atoms with E-state index in [1.807, 2.05) is 6.92 Å². The van der Waals surface area contributed by atoms with Crippen molar-refractivity contribution in [2.75, 3.05) is 18.1 Å². The molecule has 0 aliphatic carbocycles. The molecule has 5 rings (SSSR count). The topological polar surface area (TPSA) is 86.0 Å². The molecule has 0 spiro atoms. The van der Waals surface area contributed by atoms with E-state index in [9.17, 15) is 18.8 Å². The Labute approximate surface area is 224 Å². The summed E-state index contributed by atoms with van der Waals surface area (Å²) in [7, 11) is 0. The molecule has 1 amide bonds. The summed E-state index contributed by atoms with van der Waals surface area (Å²) in [5.41, 5.74) is 1.08. The van der Waals surface area contributed by atoms with Crippen LogP contribution in [0.25, 0.3) is 11.0 Å². The van der Waals surface area contributed by atoms with E-state index in [0.29, 0.717) is 29.2 Å². The van der Waals surface area contributed by atoms with E-state index in [0.717, 1.165) is 18.9 Å². The molecule has 1 aliphatic heterocycles. The normalized spacial score (nSPS) is 14.4. The highest BCUT2D eigenvalue weighted by Gasteiger charge is 2.43. The standard InChI is InChI=1S/C31H26FNO6/c1-3-5-16-38-31(36)19-9-12-22(13-10-19)33-27(20-7-6-8-23(17-20)37-15-4-2)26-28(34)24-18-21(32)11-14-25(24)39-29(26)30(33)35/h4,6-14,17-18,27H,2-3,5,15-16H2,1H3. The number of anilines is 1. The highest BCUT2D eigenvalue weighted by molar-refractivity contribution is 6.10. The molecular formula is C31H26FNO6. The number of benzene rings is 3. The van der Waals surface area contributed by atoms with Gasteiger partial charge in [-0.1, -0.05) is 38.1 Å². The lowest BCUT2D eigenvalue weighted by Gasteiger charge is -2.25. The summed E-state index contributed by atoms with van der Waals surface area (Å²) in [4.78, 5) is 41.3. The molecule has 0 saturated heterocycles. The molecule has 8 heteroatoms. The Morgan fingerprint density at radius 3 is 2.64 bits per heavy atom. The summed E-state index contributed by atoms with van der Waals surface area (Å²) >= 11 is 0. The first-order valence-electron chi connectivity index (χ1n) is 12.6. The summed E-state index contributed by atoms with van der Waals surface area (Å²) < 4.78 is 30.9. The number of amides is 1. The second-order valence-corrected chi connectivity index (χ2v) is 9.10. The highest BCUT2D eigenvalue weighted by atomic mass is 19.1. The minimum atomic E-state index is -0.883. The van der Waals surface area contributed by atoms with Gasteiger partial charge in [0.2, 0.25) is 5.76 Å². The van der Waals surface area contributed by atoms with Gasteiger partial charge in [-0.05, 0) is 66.6 Å². The van der Waals surface area contributed by atoms with Crippen LogP contribution < -0.4 is 15.1 Å². The second-order valence-electron chi connectivity index (χ2n) is 9.10. The Morgan fingerprint density at radius 1 is 1.10 bits per heavy atom. The molecule has 0 bridgehead atoms. The van der Waals surface area contributed by atoms with E-state index < -0.39 is 29.2 Å². The van der Waals surface area contributed by atoms with Crippen molar-refractivity contribution < 1.29 is 27.9 Å². The van der Waals surface area contributed by atoms with Crippen molar-refractivity contribution in [2.45, 2.75) is 25.8 Å². The Bertz CT molecular complexity index is 1620. The van der Waals surface area contributed by atoms with Crippen molar-refractivity contribution in [1.29, 1.82) is 0 Å². The van der Waals surface area contributed by atoms with Crippen molar-refractivity contribution in [3.63, 3.8) is 0 Å². The maximum absolute atomic E-state index is 14.1.